The molecule has 0 aliphatic heterocycles. The van der Waals surface area contributed by atoms with Gasteiger partial charge >= 0.3 is 6.03 Å². The van der Waals surface area contributed by atoms with Crippen LogP contribution in [0.2, 0.25) is 0 Å². The molecule has 2 bridgehead atoms. The van der Waals surface area contributed by atoms with Crippen LogP contribution in [0.3, 0.4) is 0 Å². The van der Waals surface area contributed by atoms with Crippen molar-refractivity contribution in [2.24, 2.45) is 34.0 Å². The molecule has 0 aromatic rings. The van der Waals surface area contributed by atoms with Crippen LogP contribution in [-0.4, -0.2) is 12.2 Å². The molecule has 84 valence electrons. The molecule has 2 saturated carbocycles. The third-order valence-electron chi connectivity index (χ3n) is 4.30. The number of carbonyl (C=O) groups excluding carboxylic acids is 1. The van der Waals surface area contributed by atoms with Gasteiger partial charge in [0.1, 0.15) is 0 Å². The molecule has 0 spiro atoms. The summed E-state index contributed by atoms with van der Waals surface area (Å²) in [6.45, 7) is 4.61. The van der Waals surface area contributed by atoms with E-state index in [9.17, 15) is 4.79 Å². The highest BCUT2D eigenvalue weighted by molar-refractivity contribution is 5.73. The van der Waals surface area contributed by atoms with Crippen LogP contribution in [0.25, 0.3) is 0 Å². The Labute approximate surface area is 90.3 Å². The number of fused-ring (bicyclic) bond motifs is 2. The molecule has 3 N–H and O–H groups in total. The Morgan fingerprint density at radius 1 is 1.53 bits per heavy atom. The lowest BCUT2D eigenvalue weighted by atomic mass is 9.69. The number of carbonyl (C=O) groups is 1. The Hall–Kier alpha value is -1.06. The first kappa shape index (κ1) is 10.5. The summed E-state index contributed by atoms with van der Waals surface area (Å²) in [5.74, 6) is 2.07. The van der Waals surface area contributed by atoms with Gasteiger partial charge in [-0.25, -0.2) is 10.2 Å². The fraction of sp³-hybridized carbons (Fsp3) is 0.818. The molecule has 2 amide bonds. The highest BCUT2D eigenvalue weighted by Crippen LogP contribution is 2.58. The van der Waals surface area contributed by atoms with E-state index in [1.54, 1.807) is 0 Å². The number of nitrogens with zero attached hydrogens (tertiary/aromatic N) is 1. The zero-order valence-electron chi connectivity index (χ0n) is 9.36. The Bertz CT molecular complexity index is 298. The number of hydrogen-bond donors (Lipinski definition) is 2. The molecule has 2 rings (SSSR count). The van der Waals surface area contributed by atoms with Crippen molar-refractivity contribution in [3.63, 3.8) is 0 Å². The van der Waals surface area contributed by atoms with Crippen molar-refractivity contribution in [1.29, 1.82) is 0 Å². The van der Waals surface area contributed by atoms with E-state index in [-0.39, 0.29) is 0 Å². The predicted molar refractivity (Wildman–Crippen MR) is 59.3 cm³/mol. The molecule has 0 aromatic heterocycles. The van der Waals surface area contributed by atoms with E-state index in [2.05, 4.69) is 24.4 Å². The average Bonchev–Trinajstić information content (AvgIpc) is 2.66. The van der Waals surface area contributed by atoms with Crippen LogP contribution in [0.15, 0.2) is 5.10 Å². The number of primary amides is 1. The number of amides is 2. The van der Waals surface area contributed by atoms with Gasteiger partial charge < -0.3 is 5.73 Å². The Kier molecular flexibility index (Phi) is 2.44. The van der Waals surface area contributed by atoms with Crippen molar-refractivity contribution in [2.75, 3.05) is 0 Å². The maximum atomic E-state index is 10.5. The summed E-state index contributed by atoms with van der Waals surface area (Å²) in [6.07, 6.45) is 5.86. The van der Waals surface area contributed by atoms with Crippen molar-refractivity contribution in [3.8, 4) is 0 Å². The van der Waals surface area contributed by atoms with Gasteiger partial charge in [-0.3, -0.25) is 0 Å². The molecule has 0 heterocycles. The number of hydrogen-bond acceptors (Lipinski definition) is 2. The molecule has 0 saturated heterocycles. The van der Waals surface area contributed by atoms with E-state index in [4.69, 9.17) is 5.73 Å². The molecular weight excluding hydrogens is 190 g/mol. The van der Waals surface area contributed by atoms with E-state index in [0.29, 0.717) is 11.3 Å². The van der Waals surface area contributed by atoms with Gasteiger partial charge in [-0.05, 0) is 36.5 Å². The number of rotatable bonds is 2. The van der Waals surface area contributed by atoms with E-state index in [1.807, 2.05) is 6.21 Å². The number of hydrazone groups is 1. The molecule has 4 heteroatoms. The lowest BCUT2D eigenvalue weighted by Gasteiger charge is -2.35. The van der Waals surface area contributed by atoms with Gasteiger partial charge in [-0.1, -0.05) is 13.8 Å². The largest absolute Gasteiger partial charge is 0.350 e. The van der Waals surface area contributed by atoms with Crippen LogP contribution in [0.5, 0.6) is 0 Å². The summed E-state index contributed by atoms with van der Waals surface area (Å²) in [7, 11) is 0. The molecule has 2 aliphatic carbocycles. The van der Waals surface area contributed by atoms with Gasteiger partial charge in [0.25, 0.3) is 0 Å². The monoisotopic (exact) mass is 209 g/mol. The number of urea groups is 1. The Balaban J connectivity index is 2.03. The van der Waals surface area contributed by atoms with Gasteiger partial charge in [-0.15, -0.1) is 0 Å². The highest BCUT2D eigenvalue weighted by atomic mass is 16.2. The minimum absolute atomic E-state index is 0.325. The third kappa shape index (κ3) is 1.73. The zero-order valence-corrected chi connectivity index (χ0v) is 9.36. The Morgan fingerprint density at radius 3 is 2.80 bits per heavy atom. The predicted octanol–water partition coefficient (Wildman–Crippen LogP) is 1.71. The molecule has 3 atom stereocenters. The quantitative estimate of drug-likeness (QED) is 0.527. The minimum atomic E-state index is -0.591. The van der Waals surface area contributed by atoms with Crippen LogP contribution in [-0.2, 0) is 0 Å². The first-order chi connectivity index (χ1) is 7.01. The first-order valence-corrected chi connectivity index (χ1v) is 5.60. The second kappa shape index (κ2) is 3.51. The van der Waals surface area contributed by atoms with Crippen molar-refractivity contribution in [3.05, 3.63) is 0 Å². The summed E-state index contributed by atoms with van der Waals surface area (Å²) < 4.78 is 0. The molecule has 0 aromatic carbocycles. The zero-order chi connectivity index (χ0) is 11.1. The van der Waals surface area contributed by atoms with E-state index in [0.717, 1.165) is 11.8 Å². The van der Waals surface area contributed by atoms with Crippen molar-refractivity contribution in [2.45, 2.75) is 33.1 Å². The van der Waals surface area contributed by atoms with E-state index < -0.39 is 6.03 Å². The summed E-state index contributed by atoms with van der Waals surface area (Å²) in [4.78, 5) is 10.5. The van der Waals surface area contributed by atoms with Crippen LogP contribution in [0.1, 0.15) is 33.1 Å². The molecule has 4 nitrogen and oxygen atoms in total. The second-order valence-corrected chi connectivity index (χ2v) is 5.37. The summed E-state index contributed by atoms with van der Waals surface area (Å²) in [6, 6.07) is -0.591. The molecule has 3 unspecified atom stereocenters. The summed E-state index contributed by atoms with van der Waals surface area (Å²) in [5.41, 5.74) is 7.56. The van der Waals surface area contributed by atoms with Crippen molar-refractivity contribution >= 4 is 12.2 Å². The smallest absolute Gasteiger partial charge is 0.332 e. The molecule has 2 aliphatic rings. The standard InChI is InChI=1S/C11H19N3O/c1-11(2)8-4-3-7(5-8)9(11)6-13-14-10(12)15/h6-9H,3-5H2,1-2H3,(H3,12,14,15). The maximum Gasteiger partial charge on any atom is 0.332 e. The minimum Gasteiger partial charge on any atom is -0.350 e. The lowest BCUT2D eigenvalue weighted by molar-refractivity contribution is 0.175. The van der Waals surface area contributed by atoms with E-state index >= 15 is 0 Å². The molecule has 15 heavy (non-hydrogen) atoms. The van der Waals surface area contributed by atoms with Gasteiger partial charge in [0.05, 0.1) is 0 Å². The molecule has 0 radical (unpaired) electrons. The fourth-order valence-corrected chi connectivity index (χ4v) is 3.39. The van der Waals surface area contributed by atoms with Gasteiger partial charge in [0, 0.05) is 12.1 Å². The summed E-state index contributed by atoms with van der Waals surface area (Å²) in [5, 5.41) is 3.92. The summed E-state index contributed by atoms with van der Waals surface area (Å²) >= 11 is 0. The van der Waals surface area contributed by atoms with Gasteiger partial charge in [0.2, 0.25) is 0 Å². The van der Waals surface area contributed by atoms with Crippen LogP contribution >= 0.6 is 0 Å². The van der Waals surface area contributed by atoms with Gasteiger partial charge in [-0.2, -0.15) is 5.10 Å². The SMILES string of the molecule is CC1(C)C2CCC(C2)C1C=NNC(N)=O. The normalized spacial score (nSPS) is 37.3. The topological polar surface area (TPSA) is 67.5 Å². The number of nitrogens with two attached hydrogens (primary N) is 1. The van der Waals surface area contributed by atoms with Crippen LogP contribution in [0.4, 0.5) is 4.79 Å². The van der Waals surface area contributed by atoms with Crippen molar-refractivity contribution < 1.29 is 4.79 Å². The van der Waals surface area contributed by atoms with E-state index in [1.165, 1.54) is 19.3 Å². The van der Waals surface area contributed by atoms with Crippen molar-refractivity contribution in [1.82, 2.24) is 5.43 Å². The highest BCUT2D eigenvalue weighted by Gasteiger charge is 2.51. The van der Waals surface area contributed by atoms with Crippen LogP contribution < -0.4 is 11.2 Å². The fourth-order valence-electron chi connectivity index (χ4n) is 3.39. The number of nitrogens with one attached hydrogen (secondary N) is 1. The van der Waals surface area contributed by atoms with Crippen LogP contribution in [0, 0.1) is 23.2 Å². The second-order valence-electron chi connectivity index (χ2n) is 5.37. The molecule has 2 fully saturated rings. The Morgan fingerprint density at radius 2 is 2.27 bits per heavy atom. The first-order valence-electron chi connectivity index (χ1n) is 5.60. The average molecular weight is 209 g/mol. The maximum absolute atomic E-state index is 10.5. The van der Waals surface area contributed by atoms with Gasteiger partial charge in [0.15, 0.2) is 0 Å². The third-order valence-corrected chi connectivity index (χ3v) is 4.30. The lowest BCUT2D eigenvalue weighted by Crippen LogP contribution is -2.33. The molecular formula is C11H19N3O.